The molecule has 2 nitrogen and oxygen atoms in total. The number of rotatable bonds is 1. The minimum atomic E-state index is -0.860. The number of benzene rings is 1. The van der Waals surface area contributed by atoms with E-state index in [9.17, 15) is 13.6 Å². The predicted molar refractivity (Wildman–Crippen MR) is 60.7 cm³/mol. The highest BCUT2D eigenvalue weighted by atomic mass is 35.5. The molecule has 1 atom stereocenters. The van der Waals surface area contributed by atoms with Crippen molar-refractivity contribution >= 4 is 23.2 Å². The molecule has 1 heterocycles. The average molecular weight is 256 g/mol. The summed E-state index contributed by atoms with van der Waals surface area (Å²) in [5.74, 6) is 0.235. The van der Waals surface area contributed by atoms with Gasteiger partial charge in [0.15, 0.2) is 5.82 Å². The molecule has 0 aliphatic carbocycles. The molecule has 0 bridgehead atoms. The fraction of sp³-hybridized carbons (Fsp3) is 0.250. The normalized spacial score (nSPS) is 19.5. The third kappa shape index (κ3) is 2.11. The Bertz CT molecular complexity index is 501. The van der Waals surface area contributed by atoms with E-state index in [1.165, 1.54) is 4.90 Å². The maximum Gasteiger partial charge on any atom is 0.228 e. The van der Waals surface area contributed by atoms with Gasteiger partial charge in [0.05, 0.1) is 10.7 Å². The van der Waals surface area contributed by atoms with Gasteiger partial charge in [-0.05, 0) is 6.07 Å². The van der Waals surface area contributed by atoms with Crippen molar-refractivity contribution in [1.29, 1.82) is 0 Å². The number of terminal acetylenes is 1. The van der Waals surface area contributed by atoms with Crippen LogP contribution in [0.3, 0.4) is 0 Å². The quantitative estimate of drug-likeness (QED) is 0.707. The van der Waals surface area contributed by atoms with Crippen molar-refractivity contribution < 1.29 is 13.6 Å². The molecule has 0 aromatic heterocycles. The van der Waals surface area contributed by atoms with Gasteiger partial charge in [-0.3, -0.25) is 4.79 Å². The van der Waals surface area contributed by atoms with Gasteiger partial charge in [0, 0.05) is 24.9 Å². The standard InChI is InChI=1S/C12H8ClF2NO/c1-2-7-3-11(17)16(6-7)12-9(13)4-8(14)5-10(12)15/h1,4-5,7H,3,6H2. The molecule has 0 N–H and O–H groups in total. The lowest BCUT2D eigenvalue weighted by molar-refractivity contribution is -0.117. The van der Waals surface area contributed by atoms with Crippen molar-refractivity contribution in [2.24, 2.45) is 5.92 Å². The summed E-state index contributed by atoms with van der Waals surface area (Å²) in [4.78, 5) is 12.8. The lowest BCUT2D eigenvalue weighted by Gasteiger charge is -2.18. The number of nitrogens with zero attached hydrogens (tertiary/aromatic N) is 1. The van der Waals surface area contributed by atoms with Crippen LogP contribution in [0.2, 0.25) is 5.02 Å². The molecule has 1 aromatic carbocycles. The molecule has 88 valence electrons. The van der Waals surface area contributed by atoms with Crippen LogP contribution >= 0.6 is 11.6 Å². The second-order valence-corrected chi connectivity index (χ2v) is 4.20. The second-order valence-electron chi connectivity index (χ2n) is 3.79. The second kappa shape index (κ2) is 4.34. The Balaban J connectivity index is 2.42. The first-order valence-corrected chi connectivity index (χ1v) is 5.31. The highest BCUT2D eigenvalue weighted by molar-refractivity contribution is 6.33. The van der Waals surface area contributed by atoms with Gasteiger partial charge in [0.1, 0.15) is 5.82 Å². The number of amides is 1. The summed E-state index contributed by atoms with van der Waals surface area (Å²) in [7, 11) is 0. The molecule has 2 rings (SSSR count). The smallest absolute Gasteiger partial charge is 0.228 e. The van der Waals surface area contributed by atoms with Crippen LogP contribution < -0.4 is 4.90 Å². The molecule has 1 fully saturated rings. The monoisotopic (exact) mass is 255 g/mol. The van der Waals surface area contributed by atoms with E-state index in [-0.39, 0.29) is 35.5 Å². The lowest BCUT2D eigenvalue weighted by atomic mass is 10.1. The molecule has 0 spiro atoms. The minimum absolute atomic E-state index is 0.101. The molecule has 1 unspecified atom stereocenters. The van der Waals surface area contributed by atoms with Crippen LogP contribution in [0.15, 0.2) is 12.1 Å². The fourth-order valence-corrected chi connectivity index (χ4v) is 2.12. The molecule has 17 heavy (non-hydrogen) atoms. The highest BCUT2D eigenvalue weighted by Crippen LogP contribution is 2.34. The fourth-order valence-electron chi connectivity index (χ4n) is 1.83. The van der Waals surface area contributed by atoms with E-state index in [4.69, 9.17) is 18.0 Å². The molecule has 1 aliphatic heterocycles. The predicted octanol–water partition coefficient (Wildman–Crippen LogP) is 2.60. The Morgan fingerprint density at radius 2 is 2.18 bits per heavy atom. The van der Waals surface area contributed by atoms with Gasteiger partial charge in [-0.2, -0.15) is 0 Å². The van der Waals surface area contributed by atoms with Gasteiger partial charge in [0.25, 0.3) is 0 Å². The zero-order valence-corrected chi connectivity index (χ0v) is 9.47. The van der Waals surface area contributed by atoms with Crippen molar-refractivity contribution in [2.45, 2.75) is 6.42 Å². The van der Waals surface area contributed by atoms with Crippen molar-refractivity contribution in [3.8, 4) is 12.3 Å². The summed E-state index contributed by atoms with van der Waals surface area (Å²) < 4.78 is 26.5. The lowest BCUT2D eigenvalue weighted by Crippen LogP contribution is -2.25. The summed E-state index contributed by atoms with van der Waals surface area (Å²) in [5, 5.41) is -0.131. The molecule has 0 saturated carbocycles. The Morgan fingerprint density at radius 3 is 2.71 bits per heavy atom. The zero-order valence-electron chi connectivity index (χ0n) is 8.71. The SMILES string of the molecule is C#CC1CC(=O)N(c2c(F)cc(F)cc2Cl)C1. The van der Waals surface area contributed by atoms with Crippen molar-refractivity contribution in [3.05, 3.63) is 28.8 Å². The molecular formula is C12H8ClF2NO. The number of halogens is 3. The third-order valence-electron chi connectivity index (χ3n) is 2.61. The summed E-state index contributed by atoms with van der Waals surface area (Å²) >= 11 is 5.75. The maximum atomic E-state index is 13.6. The zero-order chi connectivity index (χ0) is 12.6. The largest absolute Gasteiger partial charge is 0.307 e. The van der Waals surface area contributed by atoms with Crippen molar-refractivity contribution in [1.82, 2.24) is 0 Å². The Kier molecular flexibility index (Phi) is 3.03. The molecule has 1 aromatic rings. The Morgan fingerprint density at radius 1 is 1.47 bits per heavy atom. The van der Waals surface area contributed by atoms with E-state index in [1.54, 1.807) is 0 Å². The first kappa shape index (κ1) is 11.9. The van der Waals surface area contributed by atoms with E-state index in [0.29, 0.717) is 6.07 Å². The van der Waals surface area contributed by atoms with E-state index < -0.39 is 11.6 Å². The van der Waals surface area contributed by atoms with Crippen molar-refractivity contribution in [3.63, 3.8) is 0 Å². The van der Waals surface area contributed by atoms with Gasteiger partial charge in [0.2, 0.25) is 5.91 Å². The Hall–Kier alpha value is -1.60. The number of carbonyl (C=O) groups is 1. The van der Waals surface area contributed by atoms with Gasteiger partial charge < -0.3 is 4.90 Å². The topological polar surface area (TPSA) is 20.3 Å². The number of hydrogen-bond acceptors (Lipinski definition) is 1. The number of carbonyl (C=O) groups excluding carboxylic acids is 1. The summed E-state index contributed by atoms with van der Waals surface area (Å²) in [6.07, 6.45) is 5.38. The van der Waals surface area contributed by atoms with Gasteiger partial charge in [-0.15, -0.1) is 12.3 Å². The summed E-state index contributed by atoms with van der Waals surface area (Å²) in [6.45, 7) is 0.206. The molecule has 1 amide bonds. The van der Waals surface area contributed by atoms with E-state index in [1.807, 2.05) is 0 Å². The van der Waals surface area contributed by atoms with E-state index in [0.717, 1.165) is 6.07 Å². The third-order valence-corrected chi connectivity index (χ3v) is 2.90. The number of anilines is 1. The first-order chi connectivity index (χ1) is 8.02. The van der Waals surface area contributed by atoms with Crippen LogP contribution in [0.5, 0.6) is 0 Å². The summed E-state index contributed by atoms with van der Waals surface area (Å²) in [5.41, 5.74) is -0.101. The van der Waals surface area contributed by atoms with Crippen LogP contribution in [-0.2, 0) is 4.79 Å². The molecule has 5 heteroatoms. The van der Waals surface area contributed by atoms with Crippen LogP contribution in [0.1, 0.15) is 6.42 Å². The summed E-state index contributed by atoms with van der Waals surface area (Å²) in [6, 6.07) is 1.66. The number of hydrogen-bond donors (Lipinski definition) is 0. The van der Waals surface area contributed by atoms with Crippen LogP contribution in [-0.4, -0.2) is 12.5 Å². The molecule has 1 aliphatic rings. The molecular weight excluding hydrogens is 248 g/mol. The first-order valence-electron chi connectivity index (χ1n) is 4.94. The van der Waals surface area contributed by atoms with Crippen molar-refractivity contribution in [2.75, 3.05) is 11.4 Å². The average Bonchev–Trinajstić information content (AvgIpc) is 2.59. The van der Waals surface area contributed by atoms with Gasteiger partial charge in [-0.1, -0.05) is 11.6 Å². The Labute approximate surface area is 102 Å². The van der Waals surface area contributed by atoms with Gasteiger partial charge in [-0.25, -0.2) is 8.78 Å². The van der Waals surface area contributed by atoms with E-state index >= 15 is 0 Å². The van der Waals surface area contributed by atoms with Crippen LogP contribution in [0.4, 0.5) is 14.5 Å². The molecule has 1 saturated heterocycles. The maximum absolute atomic E-state index is 13.6. The van der Waals surface area contributed by atoms with E-state index in [2.05, 4.69) is 5.92 Å². The van der Waals surface area contributed by atoms with Crippen LogP contribution in [0.25, 0.3) is 0 Å². The highest BCUT2D eigenvalue weighted by Gasteiger charge is 2.32. The molecule has 0 radical (unpaired) electrons. The van der Waals surface area contributed by atoms with Crippen LogP contribution in [0, 0.1) is 29.9 Å². The van der Waals surface area contributed by atoms with Gasteiger partial charge >= 0.3 is 0 Å². The minimum Gasteiger partial charge on any atom is -0.307 e.